The quantitative estimate of drug-likeness (QED) is 0.0717. The topological polar surface area (TPSA) is 187 Å². The van der Waals surface area contributed by atoms with Crippen LogP contribution in [0.15, 0.2) is 35.0 Å². The van der Waals surface area contributed by atoms with Crippen LogP contribution < -0.4 is 36.6 Å². The van der Waals surface area contributed by atoms with E-state index in [0.29, 0.717) is 37.1 Å². The molecule has 1 saturated heterocycles. The molecule has 1 aliphatic rings. The highest BCUT2D eigenvalue weighted by Crippen LogP contribution is 2.17. The fourth-order valence-corrected chi connectivity index (χ4v) is 5.08. The molecule has 3 rings (SSSR count). The molecule has 0 aliphatic carbocycles. The van der Waals surface area contributed by atoms with Gasteiger partial charge in [0.15, 0.2) is 5.78 Å². The summed E-state index contributed by atoms with van der Waals surface area (Å²) >= 11 is 0. The van der Waals surface area contributed by atoms with Gasteiger partial charge < -0.3 is 26.6 Å². The summed E-state index contributed by atoms with van der Waals surface area (Å²) in [5, 5.41) is 20.6. The van der Waals surface area contributed by atoms with Crippen LogP contribution in [-0.2, 0) is 9.59 Å². The second-order valence-electron chi connectivity index (χ2n) is 12.5. The van der Waals surface area contributed by atoms with Crippen LogP contribution in [0.5, 0.6) is 0 Å². The van der Waals surface area contributed by atoms with Gasteiger partial charge in [-0.1, -0.05) is 40.0 Å². The van der Waals surface area contributed by atoms with Gasteiger partial charge in [0.05, 0.1) is 6.04 Å². The Morgan fingerprint density at radius 1 is 0.851 bits per heavy atom. The van der Waals surface area contributed by atoms with Gasteiger partial charge in [-0.25, -0.2) is 9.59 Å². The van der Waals surface area contributed by atoms with Gasteiger partial charge in [0.25, 0.3) is 6.20 Å². The van der Waals surface area contributed by atoms with E-state index in [9.17, 15) is 24.0 Å². The predicted molar refractivity (Wildman–Crippen MR) is 176 cm³/mol. The number of Topliss-reactive ketones (excluding diaryl/α,β-unsaturated/α-hetero) is 1. The van der Waals surface area contributed by atoms with E-state index in [2.05, 4.69) is 37.2 Å². The molecule has 14 heteroatoms. The van der Waals surface area contributed by atoms with E-state index in [-0.39, 0.29) is 66.5 Å². The molecule has 2 aromatic rings. The lowest BCUT2D eigenvalue weighted by atomic mass is 9.90. The Bertz CT molecular complexity index is 1330. The molecule has 1 aliphatic heterocycles. The summed E-state index contributed by atoms with van der Waals surface area (Å²) in [4.78, 5) is 60.2. The number of hydrogen-bond acceptors (Lipinski definition) is 7. The van der Waals surface area contributed by atoms with Crippen molar-refractivity contribution >= 4 is 35.5 Å². The van der Waals surface area contributed by atoms with E-state index in [0.717, 1.165) is 38.5 Å². The monoisotopic (exact) mass is 655 g/mol. The fourth-order valence-electron chi connectivity index (χ4n) is 5.08. The number of ketones is 1. The average molecular weight is 656 g/mol. The van der Waals surface area contributed by atoms with Crippen molar-refractivity contribution in [2.24, 2.45) is 11.8 Å². The summed E-state index contributed by atoms with van der Waals surface area (Å²) in [5.41, 5.74) is 1.30. The lowest BCUT2D eigenvalue weighted by molar-refractivity contribution is -0.670. The third-order valence-corrected chi connectivity index (χ3v) is 8.37. The van der Waals surface area contributed by atoms with Gasteiger partial charge in [-0.2, -0.15) is 0 Å². The van der Waals surface area contributed by atoms with Crippen molar-refractivity contribution in [2.45, 2.75) is 97.6 Å². The van der Waals surface area contributed by atoms with Crippen LogP contribution in [0.3, 0.4) is 0 Å². The Morgan fingerprint density at radius 2 is 1.49 bits per heavy atom. The molecule has 6 N–H and O–H groups in total. The number of rotatable bonds is 20. The molecule has 0 bridgehead atoms. The van der Waals surface area contributed by atoms with Crippen molar-refractivity contribution in [1.29, 1.82) is 0 Å². The number of hydrogen-bond donors (Lipinski definition) is 6. The zero-order valence-electron chi connectivity index (χ0n) is 28.0. The maximum Gasteiger partial charge on any atom is 0.321 e. The van der Waals surface area contributed by atoms with Crippen LogP contribution in [0, 0.1) is 11.8 Å². The van der Waals surface area contributed by atoms with Crippen molar-refractivity contribution in [2.75, 3.05) is 25.0 Å². The Hall–Kier alpha value is -4.49. The predicted octanol–water partition coefficient (Wildman–Crippen LogP) is 3.36. The average Bonchev–Trinajstić information content (AvgIpc) is 3.64. The number of carbonyl (C=O) groups excluding carboxylic acids is 5. The van der Waals surface area contributed by atoms with Gasteiger partial charge in [-0.15, -0.1) is 0 Å². The molecule has 3 atom stereocenters. The van der Waals surface area contributed by atoms with Crippen LogP contribution in [-0.4, -0.2) is 66.6 Å². The normalized spacial score (nSPS) is 16.2. The maximum atomic E-state index is 12.5. The van der Waals surface area contributed by atoms with E-state index < -0.39 is 6.03 Å². The molecular formula is C33H51N8O6+. The highest BCUT2D eigenvalue weighted by molar-refractivity contribution is 5.97. The first-order valence-corrected chi connectivity index (χ1v) is 16.7. The molecule has 47 heavy (non-hydrogen) atoms. The van der Waals surface area contributed by atoms with Gasteiger partial charge in [0.2, 0.25) is 22.8 Å². The largest absolute Gasteiger partial charge is 0.356 e. The number of urea groups is 2. The molecule has 2 heterocycles. The summed E-state index contributed by atoms with van der Waals surface area (Å²) in [5.74, 6) is 0.348. The van der Waals surface area contributed by atoms with Crippen molar-refractivity contribution < 1.29 is 33.2 Å². The second kappa shape index (κ2) is 19.2. The molecule has 6 amide bonds. The van der Waals surface area contributed by atoms with Gasteiger partial charge in [0.1, 0.15) is 0 Å². The highest BCUT2D eigenvalue weighted by atomic mass is 16.5. The molecule has 1 aromatic heterocycles. The number of nitrogens with one attached hydrogen (secondary N) is 6. The first-order valence-electron chi connectivity index (χ1n) is 16.7. The maximum absolute atomic E-state index is 12.5. The number of benzene rings is 1. The minimum absolute atomic E-state index is 0.0432. The molecule has 1 fully saturated rings. The first-order chi connectivity index (χ1) is 22.5. The number of amides is 6. The van der Waals surface area contributed by atoms with Crippen LogP contribution in [0.4, 0.5) is 15.5 Å². The molecule has 2 unspecified atom stereocenters. The summed E-state index contributed by atoms with van der Waals surface area (Å²) in [6.45, 7) is 9.05. The Morgan fingerprint density at radius 3 is 2.13 bits per heavy atom. The van der Waals surface area contributed by atoms with Crippen molar-refractivity contribution in [3.8, 4) is 5.69 Å². The third-order valence-electron chi connectivity index (χ3n) is 8.37. The van der Waals surface area contributed by atoms with Crippen molar-refractivity contribution in [3.05, 3.63) is 36.0 Å². The Kier molecular flexibility index (Phi) is 15.1. The smallest absolute Gasteiger partial charge is 0.321 e. The fraction of sp³-hybridized carbons (Fsp3) is 0.606. The summed E-state index contributed by atoms with van der Waals surface area (Å²) in [7, 11) is 0. The van der Waals surface area contributed by atoms with E-state index in [4.69, 9.17) is 4.52 Å². The number of aromatic nitrogens is 2. The lowest BCUT2D eigenvalue weighted by Crippen LogP contribution is -2.37. The number of unbranched alkanes of at least 4 members (excludes halogenated alkanes) is 4. The zero-order valence-corrected chi connectivity index (χ0v) is 28.0. The summed E-state index contributed by atoms with van der Waals surface area (Å²) in [6, 6.07) is 6.72. The summed E-state index contributed by atoms with van der Waals surface area (Å²) in [6.07, 6.45) is 8.37. The van der Waals surface area contributed by atoms with Gasteiger partial charge in [-0.3, -0.25) is 24.2 Å². The number of nitrogens with zero attached hydrogens (tertiary/aromatic N) is 2. The number of carbonyl (C=O) groups is 5. The second-order valence-corrected chi connectivity index (χ2v) is 12.5. The minimum Gasteiger partial charge on any atom is -0.356 e. The Balaban J connectivity index is 1.17. The third kappa shape index (κ3) is 13.0. The zero-order chi connectivity index (χ0) is 34.2. The molecular weight excluding hydrogens is 604 g/mol. The van der Waals surface area contributed by atoms with Gasteiger partial charge >= 0.3 is 17.9 Å². The van der Waals surface area contributed by atoms with Crippen molar-refractivity contribution in [3.63, 3.8) is 0 Å². The molecule has 1 aromatic carbocycles. The van der Waals surface area contributed by atoms with Crippen molar-refractivity contribution in [1.82, 2.24) is 31.9 Å². The first kappa shape index (κ1) is 37.0. The van der Waals surface area contributed by atoms with E-state index in [1.165, 1.54) is 10.9 Å². The van der Waals surface area contributed by atoms with Gasteiger partial charge in [0, 0.05) is 62.1 Å². The highest BCUT2D eigenvalue weighted by Gasteiger charge is 2.27. The SMILES string of the molecule is CC1NC(=O)NC1CCCCCC(=O)NCCCCCC(=O)NCCNC(=O)Nc1c[n+](-c2ccc(C(=O)[C@H](C)C(C)C)cc2)no1. The molecule has 14 nitrogen and oxygen atoms in total. The van der Waals surface area contributed by atoms with Crippen LogP contribution in [0.2, 0.25) is 0 Å². The van der Waals surface area contributed by atoms with Crippen LogP contribution in [0.25, 0.3) is 5.69 Å². The number of anilines is 1. The molecule has 258 valence electrons. The van der Waals surface area contributed by atoms with E-state index >= 15 is 0 Å². The molecule has 0 spiro atoms. The van der Waals surface area contributed by atoms with E-state index in [1.807, 2.05) is 27.7 Å². The summed E-state index contributed by atoms with van der Waals surface area (Å²) < 4.78 is 6.63. The minimum atomic E-state index is -0.500. The lowest BCUT2D eigenvalue weighted by Gasteiger charge is -2.13. The Labute approximate surface area is 276 Å². The van der Waals surface area contributed by atoms with Gasteiger partial charge in [-0.05, 0) is 55.3 Å². The van der Waals surface area contributed by atoms with Crippen LogP contribution in [0.1, 0.15) is 95.8 Å². The van der Waals surface area contributed by atoms with Crippen LogP contribution >= 0.6 is 0 Å². The standard InChI is InChI=1S/C33H50N8O6/c1-22(2)23(3)31(44)25-14-16-26(17-15-25)41-21-30(47-40-41)39-32(45)36-20-19-35-29(43)13-9-6-10-18-34-28(42)12-8-5-7-11-27-24(4)37-33(46)38-27/h14-17,21-24,27H,5-13,18-20H2,1-4H3,(H5-,34,35,36,37,38,39,40,42,43,45,46)/p+1/t23-,24?,27?/m1/s1. The van der Waals surface area contributed by atoms with E-state index in [1.54, 1.807) is 24.3 Å². The molecule has 0 saturated carbocycles. The molecule has 0 radical (unpaired) electrons.